The number of sulfonamides is 1. The van der Waals surface area contributed by atoms with Crippen LogP contribution in [0.5, 0.6) is 0 Å². The maximum Gasteiger partial charge on any atom is 0.244 e. The first-order valence-corrected chi connectivity index (χ1v) is 14.0. The fraction of sp³-hybridized carbons (Fsp3) is 0.259. The lowest BCUT2D eigenvalue weighted by atomic mass is 10.0. The molecule has 0 radical (unpaired) electrons. The van der Waals surface area contributed by atoms with E-state index in [9.17, 15) is 26.8 Å². The Morgan fingerprint density at radius 1 is 0.974 bits per heavy atom. The molecule has 0 saturated heterocycles. The highest BCUT2D eigenvalue weighted by Gasteiger charge is 2.33. The standard InChI is InChI=1S/C27H28ClF2N3O4S/c1-3-31-27(35)25(15-19-9-5-4-6-10-19)32(17-20-11-7-8-12-23(20)29)26(34)18-33(38(2,36)37)21-13-14-24(30)22(28)16-21/h4-14,16,25H,3,15,17-18H2,1-2H3,(H,31,35)/t25-/m0/s1. The van der Waals surface area contributed by atoms with Crippen molar-refractivity contribution in [2.75, 3.05) is 23.7 Å². The molecule has 0 spiro atoms. The molecule has 0 aromatic heterocycles. The highest BCUT2D eigenvalue weighted by molar-refractivity contribution is 7.92. The fourth-order valence-electron chi connectivity index (χ4n) is 3.91. The van der Waals surface area contributed by atoms with Crippen LogP contribution in [0.3, 0.4) is 0 Å². The van der Waals surface area contributed by atoms with Gasteiger partial charge in [-0.2, -0.15) is 0 Å². The van der Waals surface area contributed by atoms with Crippen molar-refractivity contribution in [3.05, 3.63) is 101 Å². The molecule has 0 saturated carbocycles. The number of nitrogens with zero attached hydrogens (tertiary/aromatic N) is 2. The molecule has 3 aromatic carbocycles. The molecule has 11 heteroatoms. The van der Waals surface area contributed by atoms with Crippen LogP contribution < -0.4 is 9.62 Å². The maximum atomic E-state index is 14.7. The number of likely N-dealkylation sites (N-methyl/N-ethyl adjacent to an activating group) is 1. The number of nitrogens with one attached hydrogen (secondary N) is 1. The highest BCUT2D eigenvalue weighted by atomic mass is 35.5. The van der Waals surface area contributed by atoms with E-state index in [-0.39, 0.29) is 35.8 Å². The Bertz CT molecular complexity index is 1390. The van der Waals surface area contributed by atoms with Crippen LogP contribution in [-0.4, -0.2) is 50.5 Å². The Morgan fingerprint density at radius 2 is 1.63 bits per heavy atom. The summed E-state index contributed by atoms with van der Waals surface area (Å²) in [6, 6.07) is 17.0. The predicted molar refractivity (Wildman–Crippen MR) is 143 cm³/mol. The molecule has 38 heavy (non-hydrogen) atoms. The van der Waals surface area contributed by atoms with Crippen molar-refractivity contribution in [1.29, 1.82) is 0 Å². The van der Waals surface area contributed by atoms with E-state index in [1.165, 1.54) is 29.2 Å². The van der Waals surface area contributed by atoms with Gasteiger partial charge in [0.2, 0.25) is 21.8 Å². The Hall–Kier alpha value is -3.50. The van der Waals surface area contributed by atoms with E-state index in [4.69, 9.17) is 11.6 Å². The van der Waals surface area contributed by atoms with Gasteiger partial charge in [0.1, 0.15) is 24.2 Å². The average Bonchev–Trinajstić information content (AvgIpc) is 2.87. The van der Waals surface area contributed by atoms with Crippen molar-refractivity contribution in [3.63, 3.8) is 0 Å². The van der Waals surface area contributed by atoms with Crippen LogP contribution in [0.15, 0.2) is 72.8 Å². The van der Waals surface area contributed by atoms with Crippen LogP contribution in [0, 0.1) is 11.6 Å². The van der Waals surface area contributed by atoms with Crippen molar-refractivity contribution < 1.29 is 26.8 Å². The average molecular weight is 564 g/mol. The molecule has 0 aliphatic carbocycles. The number of benzene rings is 3. The van der Waals surface area contributed by atoms with Crippen LogP contribution in [-0.2, 0) is 32.6 Å². The summed E-state index contributed by atoms with van der Waals surface area (Å²) in [5.74, 6) is -2.57. The third-order valence-corrected chi connectivity index (χ3v) is 7.22. The molecule has 2 amide bonds. The van der Waals surface area contributed by atoms with Crippen LogP contribution >= 0.6 is 11.6 Å². The quantitative estimate of drug-likeness (QED) is 0.379. The van der Waals surface area contributed by atoms with Crippen molar-refractivity contribution in [3.8, 4) is 0 Å². The highest BCUT2D eigenvalue weighted by Crippen LogP contribution is 2.25. The summed E-state index contributed by atoms with van der Waals surface area (Å²) in [7, 11) is -4.04. The second kappa shape index (κ2) is 12.8. The van der Waals surface area contributed by atoms with Gasteiger partial charge >= 0.3 is 0 Å². The van der Waals surface area contributed by atoms with Crippen LogP contribution in [0.1, 0.15) is 18.1 Å². The topological polar surface area (TPSA) is 86.8 Å². The van der Waals surface area contributed by atoms with Gasteiger partial charge in [-0.15, -0.1) is 0 Å². The van der Waals surface area contributed by atoms with Gasteiger partial charge in [0.05, 0.1) is 17.0 Å². The Labute approximate surface area is 226 Å². The van der Waals surface area contributed by atoms with Gasteiger partial charge in [-0.25, -0.2) is 17.2 Å². The van der Waals surface area contributed by atoms with Crippen LogP contribution in [0.4, 0.5) is 14.5 Å². The molecule has 0 bridgehead atoms. The summed E-state index contributed by atoms with van der Waals surface area (Å²) < 4.78 is 54.5. The summed E-state index contributed by atoms with van der Waals surface area (Å²) >= 11 is 5.86. The SMILES string of the molecule is CCNC(=O)[C@H](Cc1ccccc1)N(Cc1ccccc1F)C(=O)CN(c1ccc(F)c(Cl)c1)S(C)(=O)=O. The molecule has 0 aliphatic rings. The maximum absolute atomic E-state index is 14.7. The van der Waals surface area contributed by atoms with Crippen LogP contribution in [0.25, 0.3) is 0 Å². The minimum atomic E-state index is -4.04. The van der Waals surface area contributed by atoms with Gasteiger partial charge < -0.3 is 10.2 Å². The number of carbonyl (C=O) groups is 2. The third kappa shape index (κ3) is 7.52. The first-order valence-electron chi connectivity index (χ1n) is 11.8. The number of halogens is 3. The number of hydrogen-bond acceptors (Lipinski definition) is 4. The molecular weight excluding hydrogens is 536 g/mol. The lowest BCUT2D eigenvalue weighted by molar-refractivity contribution is -0.140. The van der Waals surface area contributed by atoms with E-state index in [2.05, 4.69) is 5.32 Å². The van der Waals surface area contributed by atoms with E-state index in [1.54, 1.807) is 37.3 Å². The number of anilines is 1. The minimum Gasteiger partial charge on any atom is -0.355 e. The van der Waals surface area contributed by atoms with Gasteiger partial charge in [0, 0.05) is 25.1 Å². The second-order valence-corrected chi connectivity index (χ2v) is 10.9. The van der Waals surface area contributed by atoms with Crippen molar-refractivity contribution in [2.24, 2.45) is 0 Å². The van der Waals surface area contributed by atoms with E-state index in [0.29, 0.717) is 0 Å². The molecule has 7 nitrogen and oxygen atoms in total. The lowest BCUT2D eigenvalue weighted by Gasteiger charge is -2.33. The molecule has 3 rings (SSSR count). The first kappa shape index (κ1) is 29.1. The second-order valence-electron chi connectivity index (χ2n) is 8.58. The first-order chi connectivity index (χ1) is 18.0. The van der Waals surface area contributed by atoms with Gasteiger partial charge in [0.15, 0.2) is 0 Å². The van der Waals surface area contributed by atoms with Gasteiger partial charge in [-0.05, 0) is 36.8 Å². The van der Waals surface area contributed by atoms with Crippen molar-refractivity contribution in [2.45, 2.75) is 25.9 Å². The molecule has 0 unspecified atom stereocenters. The monoisotopic (exact) mass is 563 g/mol. The van der Waals surface area contributed by atoms with E-state index in [1.807, 2.05) is 6.07 Å². The summed E-state index contributed by atoms with van der Waals surface area (Å²) in [6.07, 6.45) is 0.998. The third-order valence-electron chi connectivity index (χ3n) is 5.79. The fourth-order valence-corrected chi connectivity index (χ4v) is 4.93. The molecular formula is C27H28ClF2N3O4S. The van der Waals surface area contributed by atoms with E-state index >= 15 is 0 Å². The zero-order chi connectivity index (χ0) is 27.9. The molecule has 0 fully saturated rings. The van der Waals surface area contributed by atoms with Crippen LogP contribution in [0.2, 0.25) is 5.02 Å². The largest absolute Gasteiger partial charge is 0.355 e. The molecule has 0 heterocycles. The summed E-state index contributed by atoms with van der Waals surface area (Å²) in [5, 5.41) is 2.39. The number of amides is 2. The van der Waals surface area contributed by atoms with Crippen molar-refractivity contribution in [1.82, 2.24) is 10.2 Å². The summed E-state index contributed by atoms with van der Waals surface area (Å²) in [4.78, 5) is 28.2. The van der Waals surface area contributed by atoms with Gasteiger partial charge in [-0.1, -0.05) is 60.1 Å². The summed E-state index contributed by atoms with van der Waals surface area (Å²) in [6.45, 7) is 1.00. The molecule has 3 aromatic rings. The number of hydrogen-bond donors (Lipinski definition) is 1. The van der Waals surface area contributed by atoms with Gasteiger partial charge in [0.25, 0.3) is 0 Å². The zero-order valence-electron chi connectivity index (χ0n) is 20.9. The molecule has 1 atom stereocenters. The Morgan fingerprint density at radius 3 is 2.24 bits per heavy atom. The van der Waals surface area contributed by atoms with E-state index in [0.717, 1.165) is 28.3 Å². The normalized spacial score (nSPS) is 12.0. The molecule has 1 N–H and O–H groups in total. The van der Waals surface area contributed by atoms with Gasteiger partial charge in [-0.3, -0.25) is 13.9 Å². The number of carbonyl (C=O) groups excluding carboxylic acids is 2. The summed E-state index contributed by atoms with van der Waals surface area (Å²) in [5.41, 5.74) is 0.870. The zero-order valence-corrected chi connectivity index (χ0v) is 22.5. The predicted octanol–water partition coefficient (Wildman–Crippen LogP) is 4.16. The minimum absolute atomic E-state index is 0.0317. The molecule has 202 valence electrons. The van der Waals surface area contributed by atoms with Crippen molar-refractivity contribution >= 4 is 39.1 Å². The smallest absolute Gasteiger partial charge is 0.244 e. The lowest BCUT2D eigenvalue weighted by Crippen LogP contribution is -2.53. The Kier molecular flexibility index (Phi) is 9.82. The molecule has 0 aliphatic heterocycles. The van der Waals surface area contributed by atoms with E-state index < -0.39 is 46.1 Å². The Balaban J connectivity index is 2.06. The number of rotatable bonds is 11.